The van der Waals surface area contributed by atoms with Crippen LogP contribution in [0, 0.1) is 17.6 Å². The number of hydrogen-bond donors (Lipinski definition) is 1. The van der Waals surface area contributed by atoms with Crippen LogP contribution in [-0.4, -0.2) is 6.54 Å². The molecule has 1 aromatic heterocycles. The third-order valence-electron chi connectivity index (χ3n) is 3.24. The van der Waals surface area contributed by atoms with Gasteiger partial charge in [0.25, 0.3) is 0 Å². The Bertz CT molecular complexity index is 590. The third kappa shape index (κ3) is 3.36. The minimum Gasteiger partial charge on any atom is -0.312 e. The molecule has 1 nitrogen and oxygen atoms in total. The number of hydrogen-bond acceptors (Lipinski definition) is 2. The molecule has 110 valence electrons. The van der Waals surface area contributed by atoms with Crippen molar-refractivity contribution in [1.82, 2.24) is 5.32 Å². The summed E-state index contributed by atoms with van der Waals surface area (Å²) < 4.78 is 27.7. The Morgan fingerprint density at radius 1 is 1.20 bits per heavy atom. The largest absolute Gasteiger partial charge is 0.312 e. The van der Waals surface area contributed by atoms with Gasteiger partial charge in [-0.25, -0.2) is 8.78 Å². The molecule has 0 aliphatic heterocycles. The second-order valence-electron chi connectivity index (χ2n) is 5.54. The highest BCUT2D eigenvalue weighted by molar-refractivity contribution is 7.19. The normalized spacial score (nSPS) is 11.7. The van der Waals surface area contributed by atoms with Crippen LogP contribution >= 0.6 is 11.3 Å². The fourth-order valence-corrected chi connectivity index (χ4v) is 3.56. The van der Waals surface area contributed by atoms with E-state index in [2.05, 4.69) is 26.1 Å². The van der Waals surface area contributed by atoms with Crippen molar-refractivity contribution < 1.29 is 8.78 Å². The topological polar surface area (TPSA) is 12.0 Å². The van der Waals surface area contributed by atoms with Crippen molar-refractivity contribution in [1.29, 1.82) is 0 Å². The second-order valence-corrected chi connectivity index (χ2v) is 6.68. The van der Waals surface area contributed by atoms with E-state index < -0.39 is 11.6 Å². The van der Waals surface area contributed by atoms with Crippen molar-refractivity contribution in [3.8, 4) is 0 Å². The molecule has 20 heavy (non-hydrogen) atoms. The summed E-state index contributed by atoms with van der Waals surface area (Å²) in [6.07, 6.45) is 1.97. The number of fused-ring (bicyclic) bond motifs is 1. The van der Waals surface area contributed by atoms with E-state index >= 15 is 0 Å². The van der Waals surface area contributed by atoms with E-state index in [-0.39, 0.29) is 0 Å². The average Bonchev–Trinajstić information content (AvgIpc) is 2.68. The molecular weight excluding hydrogens is 276 g/mol. The molecule has 0 saturated carbocycles. The van der Waals surface area contributed by atoms with E-state index in [1.807, 2.05) is 0 Å². The molecule has 0 fully saturated rings. The Morgan fingerprint density at radius 2 is 1.90 bits per heavy atom. The first kappa shape index (κ1) is 15.4. The molecule has 0 saturated heterocycles. The van der Waals surface area contributed by atoms with Gasteiger partial charge < -0.3 is 5.32 Å². The zero-order valence-electron chi connectivity index (χ0n) is 12.2. The molecule has 0 aliphatic rings. The van der Waals surface area contributed by atoms with Crippen LogP contribution in [0.2, 0.25) is 0 Å². The molecule has 2 rings (SSSR count). The fraction of sp³-hybridized carbons (Fsp3) is 0.500. The summed E-state index contributed by atoms with van der Waals surface area (Å²) in [6, 6.07) is 2.67. The fourth-order valence-electron chi connectivity index (χ4n) is 2.35. The summed E-state index contributed by atoms with van der Waals surface area (Å²) >= 11 is 1.57. The van der Waals surface area contributed by atoms with Crippen LogP contribution < -0.4 is 5.32 Å². The molecule has 0 aliphatic carbocycles. The van der Waals surface area contributed by atoms with Crippen LogP contribution in [0.15, 0.2) is 12.1 Å². The molecule has 1 aromatic carbocycles. The SMILES string of the molecule is CCCNCc1sc2cc(F)c(F)cc2c1CC(C)C. The Labute approximate surface area is 123 Å². The lowest BCUT2D eigenvalue weighted by atomic mass is 9.99. The maximum absolute atomic E-state index is 13.5. The Kier molecular flexibility index (Phi) is 5.11. The van der Waals surface area contributed by atoms with Crippen LogP contribution in [0.1, 0.15) is 37.6 Å². The van der Waals surface area contributed by atoms with Crippen LogP contribution in [0.25, 0.3) is 10.1 Å². The molecule has 2 aromatic rings. The predicted molar refractivity (Wildman–Crippen MR) is 82.3 cm³/mol. The maximum Gasteiger partial charge on any atom is 0.160 e. The quantitative estimate of drug-likeness (QED) is 0.749. The number of nitrogens with one attached hydrogen (secondary N) is 1. The number of benzene rings is 1. The second kappa shape index (κ2) is 6.64. The van der Waals surface area contributed by atoms with Gasteiger partial charge in [-0.2, -0.15) is 0 Å². The monoisotopic (exact) mass is 297 g/mol. The third-order valence-corrected chi connectivity index (χ3v) is 4.44. The summed E-state index contributed by atoms with van der Waals surface area (Å²) in [7, 11) is 0. The molecule has 1 N–H and O–H groups in total. The van der Waals surface area contributed by atoms with Crippen molar-refractivity contribution in [3.63, 3.8) is 0 Å². The van der Waals surface area contributed by atoms with E-state index in [4.69, 9.17) is 0 Å². The maximum atomic E-state index is 13.5. The van der Waals surface area contributed by atoms with Crippen molar-refractivity contribution in [2.45, 2.75) is 40.2 Å². The minimum absolute atomic E-state index is 0.492. The van der Waals surface area contributed by atoms with E-state index in [1.54, 1.807) is 11.3 Å². The number of halogens is 2. The van der Waals surface area contributed by atoms with Crippen molar-refractivity contribution in [2.24, 2.45) is 5.92 Å². The Morgan fingerprint density at radius 3 is 2.55 bits per heavy atom. The van der Waals surface area contributed by atoms with Gasteiger partial charge in [0, 0.05) is 16.1 Å². The molecule has 0 radical (unpaired) electrons. The minimum atomic E-state index is -0.761. The van der Waals surface area contributed by atoms with Crippen LogP contribution in [-0.2, 0) is 13.0 Å². The van der Waals surface area contributed by atoms with E-state index in [9.17, 15) is 8.78 Å². The van der Waals surface area contributed by atoms with Gasteiger partial charge in [0.05, 0.1) is 0 Å². The van der Waals surface area contributed by atoms with Crippen LogP contribution in [0.5, 0.6) is 0 Å². The highest BCUT2D eigenvalue weighted by Gasteiger charge is 2.16. The molecular formula is C16H21F2NS. The molecule has 0 spiro atoms. The van der Waals surface area contributed by atoms with Gasteiger partial charge in [-0.15, -0.1) is 11.3 Å². The van der Waals surface area contributed by atoms with Gasteiger partial charge in [0.2, 0.25) is 0 Å². The first-order chi connectivity index (χ1) is 9.52. The summed E-state index contributed by atoms with van der Waals surface area (Å²) in [5.74, 6) is -1.03. The smallest absolute Gasteiger partial charge is 0.160 e. The van der Waals surface area contributed by atoms with E-state index in [1.165, 1.54) is 22.6 Å². The van der Waals surface area contributed by atoms with Gasteiger partial charge in [-0.05, 0) is 48.4 Å². The van der Waals surface area contributed by atoms with Gasteiger partial charge in [-0.3, -0.25) is 0 Å². The van der Waals surface area contributed by atoms with Crippen LogP contribution in [0.4, 0.5) is 8.78 Å². The summed E-state index contributed by atoms with van der Waals surface area (Å²) in [4.78, 5) is 1.20. The average molecular weight is 297 g/mol. The standard InChI is InChI=1S/C16H21F2NS/c1-4-5-19-9-16-11(6-10(2)3)12-7-13(17)14(18)8-15(12)20-16/h7-8,10,19H,4-6,9H2,1-3H3. The zero-order valence-corrected chi connectivity index (χ0v) is 13.0. The lowest BCUT2D eigenvalue weighted by Gasteiger charge is -2.08. The highest BCUT2D eigenvalue weighted by Crippen LogP contribution is 2.34. The molecule has 0 atom stereocenters. The zero-order chi connectivity index (χ0) is 14.7. The van der Waals surface area contributed by atoms with Gasteiger partial charge in [0.1, 0.15) is 0 Å². The molecule has 4 heteroatoms. The first-order valence-electron chi connectivity index (χ1n) is 7.13. The summed E-state index contributed by atoms with van der Waals surface area (Å²) in [5, 5.41) is 4.25. The molecule has 0 unspecified atom stereocenters. The van der Waals surface area contributed by atoms with Crippen molar-refractivity contribution in [3.05, 3.63) is 34.2 Å². The van der Waals surface area contributed by atoms with Crippen LogP contribution in [0.3, 0.4) is 0 Å². The highest BCUT2D eigenvalue weighted by atomic mass is 32.1. The van der Waals surface area contributed by atoms with Crippen molar-refractivity contribution in [2.75, 3.05) is 6.54 Å². The first-order valence-corrected chi connectivity index (χ1v) is 7.94. The molecule has 0 bridgehead atoms. The Hall–Kier alpha value is -1.00. The Balaban J connectivity index is 2.43. The summed E-state index contributed by atoms with van der Waals surface area (Å²) in [5.41, 5.74) is 1.17. The molecule has 1 heterocycles. The molecule has 0 amide bonds. The van der Waals surface area contributed by atoms with Crippen molar-refractivity contribution >= 4 is 21.4 Å². The number of rotatable bonds is 6. The van der Waals surface area contributed by atoms with Gasteiger partial charge >= 0.3 is 0 Å². The lowest BCUT2D eigenvalue weighted by molar-refractivity contribution is 0.511. The van der Waals surface area contributed by atoms with E-state index in [0.29, 0.717) is 5.92 Å². The lowest BCUT2D eigenvalue weighted by Crippen LogP contribution is -2.14. The number of thiophene rings is 1. The van der Waals surface area contributed by atoms with E-state index in [0.717, 1.165) is 36.0 Å². The summed E-state index contributed by atoms with van der Waals surface area (Å²) in [6.45, 7) is 8.15. The predicted octanol–water partition coefficient (Wildman–Crippen LogP) is 4.88. The van der Waals surface area contributed by atoms with Gasteiger partial charge in [0.15, 0.2) is 11.6 Å². The van der Waals surface area contributed by atoms with Gasteiger partial charge in [-0.1, -0.05) is 20.8 Å².